The van der Waals surface area contributed by atoms with Gasteiger partial charge in [-0.1, -0.05) is 25.1 Å². The summed E-state index contributed by atoms with van der Waals surface area (Å²) in [5, 5.41) is 6.44. The Balaban J connectivity index is 2.03. The zero-order chi connectivity index (χ0) is 13.0. The SMILES string of the molecule is CCC(CSC)NC(=O)C1CNc2ccccc21. The molecule has 3 nitrogen and oxygen atoms in total. The number of benzene rings is 1. The molecule has 1 aromatic carbocycles. The normalized spacial score (nSPS) is 18.9. The van der Waals surface area contributed by atoms with E-state index >= 15 is 0 Å². The average Bonchev–Trinajstić information content (AvgIpc) is 2.82. The minimum absolute atomic E-state index is 0.0443. The number of anilines is 1. The van der Waals surface area contributed by atoms with E-state index in [9.17, 15) is 4.79 Å². The topological polar surface area (TPSA) is 41.1 Å². The molecule has 0 aromatic heterocycles. The molecule has 1 amide bonds. The smallest absolute Gasteiger partial charge is 0.229 e. The fraction of sp³-hybridized carbons (Fsp3) is 0.500. The summed E-state index contributed by atoms with van der Waals surface area (Å²) >= 11 is 1.77. The highest BCUT2D eigenvalue weighted by molar-refractivity contribution is 7.98. The molecule has 98 valence electrons. The third-order valence-corrected chi connectivity index (χ3v) is 4.09. The van der Waals surface area contributed by atoms with Crippen LogP contribution < -0.4 is 10.6 Å². The molecule has 2 unspecified atom stereocenters. The fourth-order valence-corrected chi connectivity index (χ4v) is 3.00. The average molecular weight is 264 g/mol. The van der Waals surface area contributed by atoms with Gasteiger partial charge in [-0.3, -0.25) is 4.79 Å². The Morgan fingerprint density at radius 3 is 3.06 bits per heavy atom. The van der Waals surface area contributed by atoms with Gasteiger partial charge in [0.2, 0.25) is 5.91 Å². The van der Waals surface area contributed by atoms with Crippen molar-refractivity contribution in [2.75, 3.05) is 23.9 Å². The van der Waals surface area contributed by atoms with Crippen LogP contribution in [0.1, 0.15) is 24.8 Å². The van der Waals surface area contributed by atoms with Crippen molar-refractivity contribution >= 4 is 23.4 Å². The molecule has 4 heteroatoms. The quantitative estimate of drug-likeness (QED) is 0.858. The van der Waals surface area contributed by atoms with E-state index in [2.05, 4.69) is 23.8 Å². The summed E-state index contributed by atoms with van der Waals surface area (Å²) in [6.45, 7) is 2.82. The van der Waals surface area contributed by atoms with Gasteiger partial charge >= 0.3 is 0 Å². The Hall–Kier alpha value is -1.16. The maximum atomic E-state index is 12.3. The van der Waals surface area contributed by atoms with Gasteiger partial charge in [-0.15, -0.1) is 0 Å². The first-order valence-corrected chi connectivity index (χ1v) is 7.77. The first-order valence-electron chi connectivity index (χ1n) is 6.38. The van der Waals surface area contributed by atoms with Gasteiger partial charge in [0.1, 0.15) is 0 Å². The number of thioether (sulfide) groups is 1. The molecule has 0 radical (unpaired) electrons. The maximum Gasteiger partial charge on any atom is 0.229 e. The molecule has 2 rings (SSSR count). The van der Waals surface area contributed by atoms with Crippen LogP contribution in [0.5, 0.6) is 0 Å². The summed E-state index contributed by atoms with van der Waals surface area (Å²) < 4.78 is 0. The summed E-state index contributed by atoms with van der Waals surface area (Å²) in [5.74, 6) is 1.08. The number of nitrogens with one attached hydrogen (secondary N) is 2. The molecule has 0 saturated heterocycles. The van der Waals surface area contributed by atoms with Crippen LogP contribution in [0.4, 0.5) is 5.69 Å². The Bertz CT molecular complexity index is 422. The number of amides is 1. The van der Waals surface area contributed by atoms with Crippen molar-refractivity contribution in [2.24, 2.45) is 0 Å². The number of hydrogen-bond acceptors (Lipinski definition) is 3. The number of hydrogen-bond donors (Lipinski definition) is 2. The monoisotopic (exact) mass is 264 g/mol. The number of carbonyl (C=O) groups is 1. The zero-order valence-electron chi connectivity index (χ0n) is 10.9. The summed E-state index contributed by atoms with van der Waals surface area (Å²) in [6, 6.07) is 8.33. The molecule has 0 bridgehead atoms. The minimum atomic E-state index is -0.0443. The van der Waals surface area contributed by atoms with Gasteiger partial charge in [-0.25, -0.2) is 0 Å². The second-order valence-corrected chi connectivity index (χ2v) is 5.50. The lowest BCUT2D eigenvalue weighted by molar-refractivity contribution is -0.122. The van der Waals surface area contributed by atoms with Crippen LogP contribution in [0.15, 0.2) is 24.3 Å². The minimum Gasteiger partial charge on any atom is -0.384 e. The first kappa shape index (κ1) is 13.3. The fourth-order valence-electron chi connectivity index (χ4n) is 2.28. The van der Waals surface area contributed by atoms with E-state index in [0.29, 0.717) is 6.54 Å². The van der Waals surface area contributed by atoms with Crippen LogP contribution in [0.25, 0.3) is 0 Å². The predicted octanol–water partition coefficient (Wildman–Crippen LogP) is 2.45. The molecule has 0 spiro atoms. The van der Waals surface area contributed by atoms with Crippen molar-refractivity contribution in [3.63, 3.8) is 0 Å². The highest BCUT2D eigenvalue weighted by Crippen LogP contribution is 2.31. The third kappa shape index (κ3) is 2.80. The van der Waals surface area contributed by atoms with Crippen LogP contribution in [0.3, 0.4) is 0 Å². The Labute approximate surface area is 113 Å². The summed E-state index contributed by atoms with van der Waals surface area (Å²) in [7, 11) is 0. The maximum absolute atomic E-state index is 12.3. The molecule has 1 aliphatic rings. The Morgan fingerprint density at radius 1 is 1.56 bits per heavy atom. The molecular formula is C14H20N2OS. The number of rotatable bonds is 5. The highest BCUT2D eigenvalue weighted by Gasteiger charge is 2.28. The Morgan fingerprint density at radius 2 is 2.33 bits per heavy atom. The van der Waals surface area contributed by atoms with Gasteiger partial charge in [0.05, 0.1) is 5.92 Å². The van der Waals surface area contributed by atoms with Gasteiger partial charge in [0.25, 0.3) is 0 Å². The van der Waals surface area contributed by atoms with Gasteiger partial charge in [-0.2, -0.15) is 11.8 Å². The third-order valence-electron chi connectivity index (χ3n) is 3.36. The lowest BCUT2D eigenvalue weighted by atomic mass is 10.00. The molecule has 0 saturated carbocycles. The van der Waals surface area contributed by atoms with E-state index in [1.165, 1.54) is 0 Å². The first-order chi connectivity index (χ1) is 8.76. The van der Waals surface area contributed by atoms with E-state index in [-0.39, 0.29) is 17.9 Å². The van der Waals surface area contributed by atoms with Gasteiger partial charge in [0, 0.05) is 24.0 Å². The molecule has 18 heavy (non-hydrogen) atoms. The van der Waals surface area contributed by atoms with E-state index in [4.69, 9.17) is 0 Å². The summed E-state index contributed by atoms with van der Waals surface area (Å²) in [4.78, 5) is 12.3. The number of fused-ring (bicyclic) bond motifs is 1. The van der Waals surface area contributed by atoms with Crippen molar-refractivity contribution in [2.45, 2.75) is 25.3 Å². The van der Waals surface area contributed by atoms with E-state index in [1.54, 1.807) is 11.8 Å². The predicted molar refractivity (Wildman–Crippen MR) is 78.3 cm³/mol. The lowest BCUT2D eigenvalue weighted by Gasteiger charge is -2.18. The molecule has 0 aliphatic carbocycles. The van der Waals surface area contributed by atoms with Crippen LogP contribution in [-0.4, -0.2) is 30.5 Å². The van der Waals surface area contributed by atoms with Crippen molar-refractivity contribution in [3.05, 3.63) is 29.8 Å². The van der Waals surface area contributed by atoms with Crippen molar-refractivity contribution in [1.82, 2.24) is 5.32 Å². The molecule has 0 fully saturated rings. The lowest BCUT2D eigenvalue weighted by Crippen LogP contribution is -2.39. The summed E-state index contributed by atoms with van der Waals surface area (Å²) in [6.07, 6.45) is 3.05. The van der Waals surface area contributed by atoms with E-state index < -0.39 is 0 Å². The van der Waals surface area contributed by atoms with Crippen LogP contribution in [0, 0.1) is 0 Å². The van der Waals surface area contributed by atoms with E-state index in [0.717, 1.165) is 23.4 Å². The molecule has 2 atom stereocenters. The van der Waals surface area contributed by atoms with Gasteiger partial charge < -0.3 is 10.6 Å². The summed E-state index contributed by atoms with van der Waals surface area (Å²) in [5.41, 5.74) is 2.21. The highest BCUT2D eigenvalue weighted by atomic mass is 32.2. The molecule has 1 aromatic rings. The molecule has 1 aliphatic heterocycles. The van der Waals surface area contributed by atoms with Crippen molar-refractivity contribution in [1.29, 1.82) is 0 Å². The molecule has 2 N–H and O–H groups in total. The Kier molecular flexibility index (Phi) is 4.53. The molecule has 1 heterocycles. The van der Waals surface area contributed by atoms with Crippen molar-refractivity contribution in [3.8, 4) is 0 Å². The molecular weight excluding hydrogens is 244 g/mol. The van der Waals surface area contributed by atoms with E-state index in [1.807, 2.05) is 24.3 Å². The second-order valence-electron chi connectivity index (χ2n) is 4.59. The van der Waals surface area contributed by atoms with Crippen LogP contribution in [0.2, 0.25) is 0 Å². The standard InChI is InChI=1S/C14H20N2OS/c1-3-10(9-18-2)16-14(17)12-8-15-13-7-5-4-6-11(12)13/h4-7,10,12,15H,3,8-9H2,1-2H3,(H,16,17). The van der Waals surface area contributed by atoms with Crippen LogP contribution in [-0.2, 0) is 4.79 Å². The number of para-hydroxylation sites is 1. The number of carbonyl (C=O) groups excluding carboxylic acids is 1. The largest absolute Gasteiger partial charge is 0.384 e. The van der Waals surface area contributed by atoms with Crippen molar-refractivity contribution < 1.29 is 4.79 Å². The van der Waals surface area contributed by atoms with Crippen LogP contribution >= 0.6 is 11.8 Å². The zero-order valence-corrected chi connectivity index (χ0v) is 11.7. The second kappa shape index (κ2) is 6.14. The van der Waals surface area contributed by atoms with Gasteiger partial charge in [0.15, 0.2) is 0 Å². The van der Waals surface area contributed by atoms with Gasteiger partial charge in [-0.05, 0) is 24.3 Å².